The molecule has 0 atom stereocenters. The van der Waals surface area contributed by atoms with Crippen LogP contribution in [0.3, 0.4) is 0 Å². The number of hydrogen-bond donors (Lipinski definition) is 0. The van der Waals surface area contributed by atoms with Crippen LogP contribution < -0.4 is 26.4 Å². The van der Waals surface area contributed by atoms with E-state index < -0.39 is 201 Å². The number of Topliss-reactive ketones (excluding diaryl/α,β-unsaturated/α-hetero) is 1. The second kappa shape index (κ2) is 21.3. The highest BCUT2D eigenvalue weighted by Gasteiger charge is 2.47. The number of pyridine rings is 1. The van der Waals surface area contributed by atoms with Gasteiger partial charge < -0.3 is 4.74 Å². The Morgan fingerprint density at radius 3 is 0.896 bits per heavy atom. The van der Waals surface area contributed by atoms with E-state index in [1.165, 1.54) is 0 Å². The third-order valence-corrected chi connectivity index (χ3v) is 11.3. The molecule has 6 aromatic rings. The number of alkyl halides is 24. The fourth-order valence-corrected chi connectivity index (χ4v) is 7.95. The number of ketones is 1. The summed E-state index contributed by atoms with van der Waals surface area (Å²) >= 11 is 0. The summed E-state index contributed by atoms with van der Waals surface area (Å²) in [5.41, 5.74) is -29.2. The van der Waals surface area contributed by atoms with Gasteiger partial charge in [-0.15, -0.1) is 0 Å². The first-order valence-corrected chi connectivity index (χ1v) is 21.1. The normalized spacial score (nSPS) is 13.2. The molecule has 0 aliphatic heterocycles. The van der Waals surface area contributed by atoms with Gasteiger partial charge in [-0.05, 0) is 37.3 Å². The van der Waals surface area contributed by atoms with Gasteiger partial charge in [0.2, 0.25) is 12.3 Å². The molecule has 0 unspecified atom stereocenters. The molecule has 77 heavy (non-hydrogen) atoms. The molecule has 0 saturated heterocycles. The maximum atomic E-state index is 14.2. The van der Waals surface area contributed by atoms with E-state index >= 15 is 0 Å². The molecule has 29 heteroatoms. The van der Waals surface area contributed by atoms with Crippen LogP contribution in [0.2, 0.25) is 0 Å². The monoisotopic (exact) mass is 1130 g/mol. The third kappa shape index (κ3) is 14.2. The predicted octanol–water partition coefficient (Wildman–Crippen LogP) is 13.2. The molecule has 0 saturated carbocycles. The van der Waals surface area contributed by atoms with Crippen molar-refractivity contribution in [1.29, 1.82) is 0 Å². The van der Waals surface area contributed by atoms with E-state index in [0.29, 0.717) is 17.9 Å². The predicted molar refractivity (Wildman–Crippen MR) is 223 cm³/mol. The fourth-order valence-electron chi connectivity index (χ4n) is 7.95. The molecule has 0 aliphatic rings. The number of carbonyl (C=O) groups is 2. The summed E-state index contributed by atoms with van der Waals surface area (Å²) in [6.07, 6.45) is -53.1. The molecule has 0 amide bonds. The Labute approximate surface area is 416 Å². The molecule has 6 rings (SSSR count). The standard InChI is InChI=1S/C32H12BF24.C16H16NO3/c34-25(35,36)13-1-14(26(37,38)39)6-21(5-13)33(22-7-15(27(40,41)42)2-16(8-22)28(43,44)45,23-9-17(29(46,47)48)3-18(10-23)30(49,50)51)24-11-19(31(52,53)54)4-20(12-24)32(55,56)57;1-2-20-16(19)14-10-6-7-11-17(14)12-15(18)13-8-4-3-5-9-13/h1-12H;3-11H,2,12H2,1H3/q-1;+1. The van der Waals surface area contributed by atoms with Gasteiger partial charge in [-0.2, -0.15) is 132 Å². The third-order valence-electron chi connectivity index (χ3n) is 11.3. The van der Waals surface area contributed by atoms with Gasteiger partial charge in [0, 0.05) is 17.7 Å². The van der Waals surface area contributed by atoms with Crippen LogP contribution in [0.4, 0.5) is 105 Å². The van der Waals surface area contributed by atoms with Crippen LogP contribution >= 0.6 is 0 Å². The van der Waals surface area contributed by atoms with Crippen LogP contribution in [0.25, 0.3) is 0 Å². The van der Waals surface area contributed by atoms with Crippen molar-refractivity contribution in [1.82, 2.24) is 0 Å². The molecule has 0 bridgehead atoms. The lowest BCUT2D eigenvalue weighted by atomic mass is 9.12. The molecule has 414 valence electrons. The summed E-state index contributed by atoms with van der Waals surface area (Å²) < 4.78 is 347. The molecule has 0 radical (unpaired) electrons. The number of carbonyl (C=O) groups excluding carboxylic acids is 2. The van der Waals surface area contributed by atoms with E-state index in [4.69, 9.17) is 4.74 Å². The second-order valence-electron chi connectivity index (χ2n) is 16.4. The van der Waals surface area contributed by atoms with Crippen molar-refractivity contribution in [3.05, 3.63) is 183 Å². The number of benzene rings is 5. The molecule has 0 fully saturated rings. The Kier molecular flexibility index (Phi) is 16.8. The zero-order valence-corrected chi connectivity index (χ0v) is 37.9. The first-order chi connectivity index (χ1) is 35.0. The average molecular weight is 1130 g/mol. The maximum Gasteiger partial charge on any atom is 0.416 e. The van der Waals surface area contributed by atoms with Crippen LogP contribution in [-0.2, 0) is 60.7 Å². The fraction of sp³-hybridized carbons (Fsp3) is 0.229. The van der Waals surface area contributed by atoms with Crippen molar-refractivity contribution in [2.24, 2.45) is 0 Å². The van der Waals surface area contributed by atoms with Crippen molar-refractivity contribution in [3.8, 4) is 0 Å². The largest absolute Gasteiger partial charge is 0.458 e. The van der Waals surface area contributed by atoms with Gasteiger partial charge in [0.15, 0.2) is 6.20 Å². The van der Waals surface area contributed by atoms with Gasteiger partial charge in [0.1, 0.15) is 6.15 Å². The van der Waals surface area contributed by atoms with E-state index in [9.17, 15) is 115 Å². The van der Waals surface area contributed by atoms with E-state index in [0.717, 1.165) is 0 Å². The molecule has 5 aromatic carbocycles. The first kappa shape index (κ1) is 60.6. The summed E-state index contributed by atoms with van der Waals surface area (Å²) in [6, 6.07) is 5.37. The van der Waals surface area contributed by atoms with Crippen LogP contribution in [0.5, 0.6) is 0 Å². The summed E-state index contributed by atoms with van der Waals surface area (Å²) in [5, 5.41) is 0. The minimum atomic E-state index is -6.13. The van der Waals surface area contributed by atoms with E-state index in [2.05, 4.69) is 0 Å². The lowest BCUT2D eigenvalue weighted by molar-refractivity contribution is -0.685. The van der Waals surface area contributed by atoms with Crippen LogP contribution in [0.15, 0.2) is 128 Å². The summed E-state index contributed by atoms with van der Waals surface area (Å²) in [7, 11) is 0. The Balaban J connectivity index is 0.000000455. The smallest absolute Gasteiger partial charge is 0.416 e. The minimum absolute atomic E-state index is 0.0488. The number of hydrogen-bond acceptors (Lipinski definition) is 3. The zero-order valence-electron chi connectivity index (χ0n) is 37.9. The van der Waals surface area contributed by atoms with Crippen molar-refractivity contribution < 1.29 is 124 Å². The van der Waals surface area contributed by atoms with Gasteiger partial charge in [-0.1, -0.05) is 78.9 Å². The topological polar surface area (TPSA) is 47.2 Å². The van der Waals surface area contributed by atoms with E-state index in [1.54, 1.807) is 48.0 Å². The summed E-state index contributed by atoms with van der Waals surface area (Å²) in [5.74, 6) is -0.471. The Bertz CT molecular complexity index is 2670. The Hall–Kier alpha value is -7.23. The highest BCUT2D eigenvalue weighted by molar-refractivity contribution is 7.20. The van der Waals surface area contributed by atoms with Gasteiger partial charge in [0.05, 0.1) is 51.1 Å². The highest BCUT2D eigenvalue weighted by Crippen LogP contribution is 2.41. The van der Waals surface area contributed by atoms with Crippen LogP contribution in [0, 0.1) is 0 Å². The lowest BCUT2D eigenvalue weighted by Crippen LogP contribution is -2.75. The van der Waals surface area contributed by atoms with E-state index in [1.807, 2.05) is 18.2 Å². The first-order valence-electron chi connectivity index (χ1n) is 21.1. The molecule has 1 aromatic heterocycles. The Morgan fingerprint density at radius 2 is 0.649 bits per heavy atom. The van der Waals surface area contributed by atoms with Crippen molar-refractivity contribution in [3.63, 3.8) is 0 Å². The lowest BCUT2D eigenvalue weighted by Gasteiger charge is -2.46. The second-order valence-corrected chi connectivity index (χ2v) is 16.4. The maximum absolute atomic E-state index is 14.2. The highest BCUT2D eigenvalue weighted by atomic mass is 19.4. The van der Waals surface area contributed by atoms with Gasteiger partial charge in [-0.25, -0.2) is 4.79 Å². The molecule has 0 N–H and O–H groups in total. The molecule has 0 spiro atoms. The molecule has 0 aliphatic carbocycles. The SMILES string of the molecule is CCOC(=O)c1cccc[n+]1CC(=O)c1ccccc1.FC(F)(F)c1cc([B-](c2cc(C(F)(F)F)cc(C(F)(F)F)c2)(c2cc(C(F)(F)F)cc(C(F)(F)F)c2)c2cc(C(F)(F)F)cc(C(F)(F)F)c2)cc(C(F)(F)F)c1. The summed E-state index contributed by atoms with van der Waals surface area (Å²) in [4.78, 5) is 24.0. The van der Waals surface area contributed by atoms with Crippen molar-refractivity contribution >= 4 is 39.7 Å². The zero-order chi connectivity index (χ0) is 58.3. The van der Waals surface area contributed by atoms with Gasteiger partial charge in [0.25, 0.3) is 5.69 Å². The number of halogens is 24. The minimum Gasteiger partial charge on any atom is -0.458 e. The number of aromatic nitrogens is 1. The van der Waals surface area contributed by atoms with Crippen molar-refractivity contribution in [2.75, 3.05) is 6.61 Å². The Morgan fingerprint density at radius 1 is 0.390 bits per heavy atom. The molecule has 4 nitrogen and oxygen atoms in total. The molecular weight excluding hydrogens is 1110 g/mol. The van der Waals surface area contributed by atoms with Gasteiger partial charge >= 0.3 is 55.4 Å². The molecule has 1 heterocycles. The number of ether oxygens (including phenoxy) is 1. The van der Waals surface area contributed by atoms with Crippen molar-refractivity contribution in [2.45, 2.75) is 62.9 Å². The van der Waals surface area contributed by atoms with Crippen LogP contribution in [-0.4, -0.2) is 24.5 Å². The number of rotatable bonds is 9. The number of esters is 1. The summed E-state index contributed by atoms with van der Waals surface area (Å²) in [6.45, 7) is 2.17. The molecular formula is C48H28BF24NO3. The average Bonchev–Trinajstić information content (AvgIpc) is 3.30. The van der Waals surface area contributed by atoms with Crippen LogP contribution in [0.1, 0.15) is 72.3 Å². The number of nitrogens with zero attached hydrogens (tertiary/aromatic N) is 1. The quantitative estimate of drug-likeness (QED) is 0.0477. The van der Waals surface area contributed by atoms with E-state index in [-0.39, 0.29) is 12.3 Å². The van der Waals surface area contributed by atoms with Gasteiger partial charge in [-0.3, -0.25) is 4.79 Å².